The van der Waals surface area contributed by atoms with E-state index >= 15 is 0 Å². The summed E-state index contributed by atoms with van der Waals surface area (Å²) in [6, 6.07) is 15.5. The third kappa shape index (κ3) is 5.29. The molecule has 0 aliphatic rings. The number of carbonyl (C=O) groups excluding carboxylic acids is 1. The molecule has 0 unspecified atom stereocenters. The number of halogens is 1. The van der Waals surface area contributed by atoms with Crippen molar-refractivity contribution in [3.05, 3.63) is 58.6 Å². The minimum absolute atomic E-state index is 0.0665. The molecule has 5 nitrogen and oxygen atoms in total. The van der Waals surface area contributed by atoms with Crippen molar-refractivity contribution in [1.82, 2.24) is 10.2 Å². The highest BCUT2D eigenvalue weighted by Gasteiger charge is 2.10. The Kier molecular flexibility index (Phi) is 6.06. The summed E-state index contributed by atoms with van der Waals surface area (Å²) in [5.74, 6) is 0.221. The second-order valence-electron chi connectivity index (χ2n) is 5.16. The van der Waals surface area contributed by atoms with Crippen LogP contribution in [0.3, 0.4) is 0 Å². The van der Waals surface area contributed by atoms with Gasteiger partial charge < -0.3 is 10.6 Å². The Balaban J connectivity index is 1.52. The SMILES string of the molecule is Cc1cc(Br)ccc1NC(=O)CSc1nnc(Nc2ccccc2)s1. The number of aromatic nitrogens is 2. The van der Waals surface area contributed by atoms with Crippen molar-refractivity contribution < 1.29 is 4.79 Å². The molecule has 0 bridgehead atoms. The van der Waals surface area contributed by atoms with Gasteiger partial charge in [0.05, 0.1) is 5.75 Å². The highest BCUT2D eigenvalue weighted by molar-refractivity contribution is 9.10. The van der Waals surface area contributed by atoms with E-state index in [0.29, 0.717) is 5.13 Å². The standard InChI is InChI=1S/C17H15BrN4OS2/c1-11-9-12(18)7-8-14(11)20-15(23)10-24-17-22-21-16(25-17)19-13-5-3-2-4-6-13/h2-9H,10H2,1H3,(H,19,21)(H,20,23). The Morgan fingerprint density at radius 2 is 2.00 bits per heavy atom. The van der Waals surface area contributed by atoms with Crippen LogP contribution in [0.5, 0.6) is 0 Å². The number of thioether (sulfide) groups is 1. The van der Waals surface area contributed by atoms with Gasteiger partial charge in [0.2, 0.25) is 11.0 Å². The lowest BCUT2D eigenvalue weighted by atomic mass is 10.2. The lowest BCUT2D eigenvalue weighted by Gasteiger charge is -2.07. The zero-order valence-electron chi connectivity index (χ0n) is 13.3. The predicted octanol–water partition coefficient (Wildman–Crippen LogP) is 5.08. The van der Waals surface area contributed by atoms with Crippen LogP contribution in [-0.2, 0) is 4.79 Å². The van der Waals surface area contributed by atoms with Crippen LogP contribution in [0.1, 0.15) is 5.56 Å². The van der Waals surface area contributed by atoms with Crippen LogP contribution < -0.4 is 10.6 Å². The molecule has 0 aliphatic carbocycles. The average Bonchev–Trinajstić information content (AvgIpc) is 3.04. The number of hydrogen-bond acceptors (Lipinski definition) is 6. The summed E-state index contributed by atoms with van der Waals surface area (Å²) in [5.41, 5.74) is 2.79. The van der Waals surface area contributed by atoms with Crippen molar-refractivity contribution in [2.24, 2.45) is 0 Å². The summed E-state index contributed by atoms with van der Waals surface area (Å²) in [5, 5.41) is 15.0. The Morgan fingerprint density at radius 3 is 2.76 bits per heavy atom. The van der Waals surface area contributed by atoms with Gasteiger partial charge in [-0.1, -0.05) is 57.2 Å². The summed E-state index contributed by atoms with van der Waals surface area (Å²) in [4.78, 5) is 12.1. The Morgan fingerprint density at radius 1 is 1.20 bits per heavy atom. The zero-order chi connectivity index (χ0) is 17.6. The number of hydrogen-bond donors (Lipinski definition) is 2. The van der Waals surface area contributed by atoms with Gasteiger partial charge in [-0.3, -0.25) is 4.79 Å². The molecule has 3 aromatic rings. The van der Waals surface area contributed by atoms with E-state index in [1.54, 1.807) is 0 Å². The topological polar surface area (TPSA) is 66.9 Å². The molecule has 25 heavy (non-hydrogen) atoms. The summed E-state index contributed by atoms with van der Waals surface area (Å²) >= 11 is 6.21. The van der Waals surface area contributed by atoms with Crippen molar-refractivity contribution in [3.8, 4) is 0 Å². The predicted molar refractivity (Wildman–Crippen MR) is 108 cm³/mol. The Bertz CT molecular complexity index is 870. The van der Waals surface area contributed by atoms with Crippen molar-refractivity contribution in [2.75, 3.05) is 16.4 Å². The number of anilines is 3. The zero-order valence-corrected chi connectivity index (χ0v) is 16.5. The average molecular weight is 435 g/mol. The van der Waals surface area contributed by atoms with E-state index in [2.05, 4.69) is 36.8 Å². The first-order chi connectivity index (χ1) is 12.1. The van der Waals surface area contributed by atoms with Crippen LogP contribution in [0, 0.1) is 6.92 Å². The molecule has 1 aromatic heterocycles. The molecule has 0 atom stereocenters. The van der Waals surface area contributed by atoms with E-state index in [9.17, 15) is 4.79 Å². The van der Waals surface area contributed by atoms with Gasteiger partial charge in [0.1, 0.15) is 0 Å². The third-order valence-corrected chi connectivity index (χ3v) is 5.69. The fraction of sp³-hybridized carbons (Fsp3) is 0.118. The van der Waals surface area contributed by atoms with Crippen molar-refractivity contribution >= 4 is 61.4 Å². The van der Waals surface area contributed by atoms with Crippen LogP contribution in [0.15, 0.2) is 57.3 Å². The summed E-state index contributed by atoms with van der Waals surface area (Å²) in [7, 11) is 0. The molecule has 0 radical (unpaired) electrons. The van der Waals surface area contributed by atoms with E-state index in [4.69, 9.17) is 0 Å². The number of amides is 1. The quantitative estimate of drug-likeness (QED) is 0.529. The molecule has 1 heterocycles. The van der Waals surface area contributed by atoms with Crippen molar-refractivity contribution in [2.45, 2.75) is 11.3 Å². The molecular weight excluding hydrogens is 420 g/mol. The maximum absolute atomic E-state index is 12.1. The Hall–Kier alpha value is -1.90. The van der Waals surface area contributed by atoms with E-state index in [0.717, 1.165) is 25.8 Å². The fourth-order valence-electron chi connectivity index (χ4n) is 2.04. The van der Waals surface area contributed by atoms with Crippen molar-refractivity contribution in [3.63, 3.8) is 0 Å². The number of benzene rings is 2. The normalized spacial score (nSPS) is 10.5. The second kappa shape index (κ2) is 8.46. The van der Waals surface area contributed by atoms with E-state index < -0.39 is 0 Å². The first kappa shape index (κ1) is 17.9. The molecule has 0 fully saturated rings. The highest BCUT2D eigenvalue weighted by atomic mass is 79.9. The molecule has 0 saturated heterocycles. The monoisotopic (exact) mass is 434 g/mol. The Labute approximate surface area is 162 Å². The first-order valence-corrected chi connectivity index (χ1v) is 10.0. The first-order valence-electron chi connectivity index (χ1n) is 7.44. The fourth-order valence-corrected chi connectivity index (χ4v) is 4.09. The van der Waals surface area contributed by atoms with Crippen molar-refractivity contribution in [1.29, 1.82) is 0 Å². The minimum Gasteiger partial charge on any atom is -0.330 e. The molecule has 0 spiro atoms. The number of nitrogens with one attached hydrogen (secondary N) is 2. The van der Waals surface area contributed by atoms with Gasteiger partial charge in [-0.25, -0.2) is 0 Å². The van der Waals surface area contributed by atoms with E-state index in [-0.39, 0.29) is 11.7 Å². The number of nitrogens with zero attached hydrogens (tertiary/aromatic N) is 2. The van der Waals surface area contributed by atoms with Gasteiger partial charge in [-0.05, 0) is 42.8 Å². The maximum Gasteiger partial charge on any atom is 0.234 e. The van der Waals surface area contributed by atoms with Crippen LogP contribution in [0.25, 0.3) is 0 Å². The number of carbonyl (C=O) groups is 1. The molecule has 1 amide bonds. The third-order valence-electron chi connectivity index (χ3n) is 3.22. The van der Waals surface area contributed by atoms with Crippen LogP contribution in [0.2, 0.25) is 0 Å². The summed E-state index contributed by atoms with van der Waals surface area (Å²) in [6.07, 6.45) is 0. The molecule has 2 aromatic carbocycles. The molecular formula is C17H15BrN4OS2. The van der Waals surface area contributed by atoms with E-state index in [1.807, 2.05) is 55.5 Å². The van der Waals surface area contributed by atoms with Crippen LogP contribution in [0.4, 0.5) is 16.5 Å². The number of para-hydroxylation sites is 1. The van der Waals surface area contributed by atoms with Gasteiger partial charge in [0, 0.05) is 15.8 Å². The highest BCUT2D eigenvalue weighted by Crippen LogP contribution is 2.28. The molecule has 2 N–H and O–H groups in total. The lowest BCUT2D eigenvalue weighted by Crippen LogP contribution is -2.14. The minimum atomic E-state index is -0.0665. The molecule has 8 heteroatoms. The summed E-state index contributed by atoms with van der Waals surface area (Å²) < 4.78 is 1.74. The van der Waals surface area contributed by atoms with Gasteiger partial charge in [-0.2, -0.15) is 0 Å². The van der Waals surface area contributed by atoms with Crippen LogP contribution >= 0.6 is 39.0 Å². The largest absolute Gasteiger partial charge is 0.330 e. The molecule has 3 rings (SSSR count). The maximum atomic E-state index is 12.1. The van der Waals surface area contributed by atoms with Gasteiger partial charge in [-0.15, -0.1) is 10.2 Å². The van der Waals surface area contributed by atoms with Gasteiger partial charge in [0.25, 0.3) is 0 Å². The molecule has 128 valence electrons. The smallest absolute Gasteiger partial charge is 0.234 e. The number of aryl methyl sites for hydroxylation is 1. The molecule has 0 saturated carbocycles. The van der Waals surface area contributed by atoms with Gasteiger partial charge >= 0.3 is 0 Å². The number of rotatable bonds is 6. The summed E-state index contributed by atoms with van der Waals surface area (Å²) in [6.45, 7) is 1.96. The van der Waals surface area contributed by atoms with Crippen LogP contribution in [-0.4, -0.2) is 21.9 Å². The lowest BCUT2D eigenvalue weighted by molar-refractivity contribution is -0.113. The second-order valence-corrected chi connectivity index (χ2v) is 8.28. The van der Waals surface area contributed by atoms with Gasteiger partial charge in [0.15, 0.2) is 4.34 Å². The molecule has 0 aliphatic heterocycles. The van der Waals surface area contributed by atoms with E-state index in [1.165, 1.54) is 23.1 Å².